The van der Waals surface area contributed by atoms with Gasteiger partial charge in [0.15, 0.2) is 10.6 Å². The number of nitrogens with zero attached hydrogens (tertiary/aromatic N) is 4. The van der Waals surface area contributed by atoms with Gasteiger partial charge < -0.3 is 9.84 Å². The molecule has 0 amide bonds. The Labute approximate surface area is 212 Å². The van der Waals surface area contributed by atoms with Crippen LogP contribution in [-0.2, 0) is 9.53 Å². The molecule has 0 aliphatic carbocycles. The Bertz CT molecular complexity index is 1690. The first kappa shape index (κ1) is 25.4. The van der Waals surface area contributed by atoms with Crippen molar-refractivity contribution in [2.75, 3.05) is 6.61 Å². The molecule has 0 fully saturated rings. The third kappa shape index (κ3) is 4.63. The summed E-state index contributed by atoms with van der Waals surface area (Å²) in [5.74, 6) is -1.22. The van der Waals surface area contributed by atoms with Crippen LogP contribution in [0.15, 0.2) is 57.5 Å². The molecule has 1 aromatic heterocycles. The maximum atomic E-state index is 13.6. The normalized spacial score (nSPS) is 15.2. The highest BCUT2D eigenvalue weighted by Gasteiger charge is 2.34. The van der Waals surface area contributed by atoms with Crippen molar-refractivity contribution in [3.05, 3.63) is 104 Å². The molecule has 0 saturated heterocycles. The van der Waals surface area contributed by atoms with Crippen LogP contribution in [0.4, 0.5) is 11.4 Å². The Morgan fingerprint density at radius 2 is 1.86 bits per heavy atom. The summed E-state index contributed by atoms with van der Waals surface area (Å²) in [6, 6.07) is 7.10. The van der Waals surface area contributed by atoms with E-state index in [0.29, 0.717) is 22.4 Å². The predicted octanol–water partition coefficient (Wildman–Crippen LogP) is 2.63. The van der Waals surface area contributed by atoms with E-state index < -0.39 is 38.9 Å². The molecule has 13 heteroatoms. The van der Waals surface area contributed by atoms with E-state index in [1.54, 1.807) is 26.8 Å². The quantitative estimate of drug-likeness (QED) is 0.292. The Morgan fingerprint density at radius 3 is 2.51 bits per heavy atom. The highest BCUT2D eigenvalue weighted by molar-refractivity contribution is 7.07. The van der Waals surface area contributed by atoms with Crippen molar-refractivity contribution in [1.82, 2.24) is 4.57 Å². The van der Waals surface area contributed by atoms with E-state index in [2.05, 4.69) is 4.99 Å². The summed E-state index contributed by atoms with van der Waals surface area (Å²) in [4.78, 5) is 52.7. The Hall–Kier alpha value is -4.65. The number of phenols is 1. The molecule has 0 bridgehead atoms. The molecule has 37 heavy (non-hydrogen) atoms. The summed E-state index contributed by atoms with van der Waals surface area (Å²) in [6.45, 7) is 4.87. The average Bonchev–Trinajstić information content (AvgIpc) is 3.13. The predicted molar refractivity (Wildman–Crippen MR) is 133 cm³/mol. The number of aromatic nitrogens is 1. The van der Waals surface area contributed by atoms with Crippen LogP contribution >= 0.6 is 11.3 Å². The third-order valence-corrected chi connectivity index (χ3v) is 6.74. The standard InChI is InChI=1S/C24H20N4O8S/c1-4-36-23(31)20-13(3)25-24-26(21(20)15-7-5-12(2)16(11-15)27(32)33)22(30)19(37-24)10-14-6-8-18(29)17(9-14)28(34)35/h5-11,21,29H,4H2,1-3H3/b19-10+/t21-/m0/s1. The number of thiazole rings is 1. The number of carbonyl (C=O) groups is 1. The van der Waals surface area contributed by atoms with Crippen molar-refractivity contribution in [2.45, 2.75) is 26.8 Å². The number of phenolic OH excluding ortho intramolecular Hbond substituents is 1. The first-order valence-electron chi connectivity index (χ1n) is 11.0. The fourth-order valence-corrected chi connectivity index (χ4v) is 5.07. The van der Waals surface area contributed by atoms with Crippen molar-refractivity contribution >= 4 is 34.8 Å². The van der Waals surface area contributed by atoms with Crippen LogP contribution in [-0.4, -0.2) is 32.1 Å². The molecule has 1 aliphatic heterocycles. The zero-order chi connectivity index (χ0) is 27.0. The van der Waals surface area contributed by atoms with Gasteiger partial charge in [0.1, 0.15) is 0 Å². The van der Waals surface area contributed by atoms with Gasteiger partial charge in [-0.1, -0.05) is 29.5 Å². The number of esters is 1. The lowest BCUT2D eigenvalue weighted by Gasteiger charge is -2.24. The zero-order valence-electron chi connectivity index (χ0n) is 19.8. The van der Waals surface area contributed by atoms with Crippen molar-refractivity contribution in [1.29, 1.82) is 0 Å². The summed E-state index contributed by atoms with van der Waals surface area (Å²) in [5.41, 5.74) is 0.135. The van der Waals surface area contributed by atoms with Gasteiger partial charge in [0.05, 0.1) is 38.3 Å². The lowest BCUT2D eigenvalue weighted by Crippen LogP contribution is -2.40. The number of nitro benzene ring substituents is 2. The first-order valence-corrected chi connectivity index (χ1v) is 11.8. The fraction of sp³-hybridized carbons (Fsp3) is 0.208. The van der Waals surface area contributed by atoms with E-state index in [-0.39, 0.29) is 27.2 Å². The van der Waals surface area contributed by atoms with Crippen LogP contribution < -0.4 is 14.9 Å². The van der Waals surface area contributed by atoms with Gasteiger partial charge in [-0.3, -0.25) is 29.6 Å². The number of nitro groups is 2. The second-order valence-corrected chi connectivity index (χ2v) is 9.12. The van der Waals surface area contributed by atoms with E-state index in [4.69, 9.17) is 4.74 Å². The summed E-state index contributed by atoms with van der Waals surface area (Å²) >= 11 is 0.994. The van der Waals surface area contributed by atoms with E-state index in [1.807, 2.05) is 0 Å². The minimum Gasteiger partial charge on any atom is -0.502 e. The van der Waals surface area contributed by atoms with Crippen LogP contribution in [0, 0.1) is 27.2 Å². The topological polar surface area (TPSA) is 167 Å². The van der Waals surface area contributed by atoms with Gasteiger partial charge in [-0.05, 0) is 44.0 Å². The van der Waals surface area contributed by atoms with Crippen molar-refractivity contribution in [3.8, 4) is 5.75 Å². The van der Waals surface area contributed by atoms with Gasteiger partial charge in [-0.25, -0.2) is 9.79 Å². The molecule has 12 nitrogen and oxygen atoms in total. The van der Waals surface area contributed by atoms with Crippen LogP contribution in [0.2, 0.25) is 0 Å². The van der Waals surface area contributed by atoms with E-state index in [1.165, 1.54) is 28.8 Å². The second-order valence-electron chi connectivity index (χ2n) is 8.11. The number of allylic oxidation sites excluding steroid dienone is 1. The lowest BCUT2D eigenvalue weighted by atomic mass is 9.94. The molecule has 0 unspecified atom stereocenters. The molecule has 1 aliphatic rings. The molecule has 1 atom stereocenters. The monoisotopic (exact) mass is 524 g/mol. The van der Waals surface area contributed by atoms with Crippen LogP contribution in [0.25, 0.3) is 6.08 Å². The minimum atomic E-state index is -1.05. The van der Waals surface area contributed by atoms with Gasteiger partial charge in [-0.15, -0.1) is 0 Å². The number of hydrogen-bond acceptors (Lipinski definition) is 10. The molecule has 0 spiro atoms. The SMILES string of the molecule is CCOC(=O)C1=C(C)N=c2s/c(=C/c3ccc(O)c([N+](=O)[O-])c3)c(=O)n2[C@H]1c1ccc(C)c([N+](=O)[O-])c1. The fourth-order valence-electron chi connectivity index (χ4n) is 4.03. The molecule has 190 valence electrons. The highest BCUT2D eigenvalue weighted by Crippen LogP contribution is 2.33. The zero-order valence-corrected chi connectivity index (χ0v) is 20.6. The maximum Gasteiger partial charge on any atom is 0.338 e. The van der Waals surface area contributed by atoms with E-state index >= 15 is 0 Å². The molecule has 2 heterocycles. The Balaban J connectivity index is 1.98. The van der Waals surface area contributed by atoms with Crippen molar-refractivity contribution < 1.29 is 24.5 Å². The molecular formula is C24H20N4O8S. The number of ether oxygens (including phenoxy) is 1. The van der Waals surface area contributed by atoms with Gasteiger partial charge in [-0.2, -0.15) is 0 Å². The second kappa shape index (κ2) is 9.78. The number of aryl methyl sites for hydroxylation is 1. The average molecular weight is 525 g/mol. The highest BCUT2D eigenvalue weighted by atomic mass is 32.1. The van der Waals surface area contributed by atoms with Crippen molar-refractivity contribution in [3.63, 3.8) is 0 Å². The van der Waals surface area contributed by atoms with Gasteiger partial charge in [0.2, 0.25) is 0 Å². The van der Waals surface area contributed by atoms with Crippen LogP contribution in [0.1, 0.15) is 36.6 Å². The summed E-state index contributed by atoms with van der Waals surface area (Å²) in [6.07, 6.45) is 1.41. The molecular weight excluding hydrogens is 504 g/mol. The van der Waals surface area contributed by atoms with Gasteiger partial charge >= 0.3 is 11.7 Å². The Kier molecular flexibility index (Phi) is 6.72. The lowest BCUT2D eigenvalue weighted by molar-refractivity contribution is -0.385. The molecule has 0 radical (unpaired) electrons. The van der Waals surface area contributed by atoms with E-state index in [0.717, 1.165) is 23.5 Å². The maximum absolute atomic E-state index is 13.6. The van der Waals surface area contributed by atoms with Crippen LogP contribution in [0.3, 0.4) is 0 Å². The smallest absolute Gasteiger partial charge is 0.338 e. The molecule has 3 aromatic rings. The van der Waals surface area contributed by atoms with Crippen molar-refractivity contribution in [2.24, 2.45) is 4.99 Å². The number of aromatic hydroxyl groups is 1. The molecule has 0 saturated carbocycles. The molecule has 4 rings (SSSR count). The Morgan fingerprint density at radius 1 is 1.16 bits per heavy atom. The van der Waals surface area contributed by atoms with Gasteiger partial charge in [0, 0.05) is 17.7 Å². The summed E-state index contributed by atoms with van der Waals surface area (Å²) in [5, 5.41) is 32.5. The first-order chi connectivity index (χ1) is 17.5. The number of hydrogen-bond donors (Lipinski definition) is 1. The number of carbonyl (C=O) groups excluding carboxylic acids is 1. The number of fused-ring (bicyclic) bond motifs is 1. The summed E-state index contributed by atoms with van der Waals surface area (Å²) < 4.78 is 6.63. The van der Waals surface area contributed by atoms with E-state index in [9.17, 15) is 34.9 Å². The van der Waals surface area contributed by atoms with Crippen LogP contribution in [0.5, 0.6) is 5.75 Å². The third-order valence-electron chi connectivity index (χ3n) is 5.76. The molecule has 2 aromatic carbocycles. The number of rotatable bonds is 6. The largest absolute Gasteiger partial charge is 0.502 e. The van der Waals surface area contributed by atoms with Gasteiger partial charge in [0.25, 0.3) is 11.2 Å². The summed E-state index contributed by atoms with van der Waals surface area (Å²) in [7, 11) is 0. The minimum absolute atomic E-state index is 0.0687. The molecule has 1 N–H and O–H groups in total. The number of benzene rings is 2.